The fourth-order valence-corrected chi connectivity index (χ4v) is 0.452. The average molecular weight is 122 g/mol. The van der Waals surface area contributed by atoms with Crippen LogP contribution in [0.3, 0.4) is 0 Å². The van der Waals surface area contributed by atoms with E-state index in [1.807, 2.05) is 0 Å². The van der Waals surface area contributed by atoms with E-state index in [2.05, 4.69) is 18.7 Å². The summed E-state index contributed by atoms with van der Waals surface area (Å²) in [6.45, 7) is 5.27. The van der Waals surface area contributed by atoms with Crippen LogP contribution in [0.25, 0.3) is 0 Å². The van der Waals surface area contributed by atoms with Crippen LogP contribution >= 0.6 is 11.8 Å². The molecule has 0 aromatic carbocycles. The van der Waals surface area contributed by atoms with Gasteiger partial charge in [-0.2, -0.15) is 0 Å². The largest absolute Gasteiger partial charge is 0.234 e. The number of rotatable bonds is 3. The minimum absolute atomic E-state index is 0.756. The van der Waals surface area contributed by atoms with Gasteiger partial charge in [-0.05, 0) is 24.1 Å². The fraction of sp³-hybridized carbons (Fsp3) is 1.00. The summed E-state index contributed by atoms with van der Waals surface area (Å²) in [5.74, 6) is 0.756. The predicted molar refractivity (Wildman–Crippen MR) is 33.3 cm³/mol. The van der Waals surface area contributed by atoms with Crippen LogP contribution in [-0.2, 0) is 0 Å². The molecule has 0 saturated carbocycles. The molecular weight excluding hydrogens is 110 g/mol. The number of hydrogen-bond acceptors (Lipinski definition) is 1. The standard InChI is InChI=1S/C5H12ClN/c1-5(2)3-4-7-6/h5,7H,3-4H2,1-2H3. The van der Waals surface area contributed by atoms with Gasteiger partial charge >= 0.3 is 0 Å². The smallest absolute Gasteiger partial charge is 0.0110 e. The van der Waals surface area contributed by atoms with Gasteiger partial charge in [-0.25, -0.2) is 4.84 Å². The third-order valence-corrected chi connectivity index (χ3v) is 1.01. The van der Waals surface area contributed by atoms with Crippen molar-refractivity contribution in [2.75, 3.05) is 6.54 Å². The minimum atomic E-state index is 0.756. The molecule has 0 aromatic rings. The van der Waals surface area contributed by atoms with Gasteiger partial charge in [0.25, 0.3) is 0 Å². The molecule has 0 aliphatic heterocycles. The lowest BCUT2D eigenvalue weighted by Crippen LogP contribution is -2.03. The van der Waals surface area contributed by atoms with Crippen molar-refractivity contribution in [3.63, 3.8) is 0 Å². The molecule has 0 fully saturated rings. The first-order valence-electron chi connectivity index (χ1n) is 2.61. The first kappa shape index (κ1) is 7.25. The molecule has 1 nitrogen and oxygen atoms in total. The lowest BCUT2D eigenvalue weighted by atomic mass is 10.1. The molecule has 0 aliphatic rings. The first-order chi connectivity index (χ1) is 3.27. The Labute approximate surface area is 50.2 Å². The second-order valence-electron chi connectivity index (χ2n) is 2.07. The molecule has 7 heavy (non-hydrogen) atoms. The summed E-state index contributed by atoms with van der Waals surface area (Å²) in [4.78, 5) is 2.57. The molecule has 0 aromatic heterocycles. The van der Waals surface area contributed by atoms with E-state index in [0.717, 1.165) is 18.9 Å². The van der Waals surface area contributed by atoms with Crippen LogP contribution in [0.2, 0.25) is 0 Å². The van der Waals surface area contributed by atoms with Gasteiger partial charge < -0.3 is 0 Å². The van der Waals surface area contributed by atoms with E-state index >= 15 is 0 Å². The zero-order valence-corrected chi connectivity index (χ0v) is 5.63. The highest BCUT2D eigenvalue weighted by atomic mass is 35.5. The lowest BCUT2D eigenvalue weighted by molar-refractivity contribution is 0.583. The summed E-state index contributed by atoms with van der Waals surface area (Å²) < 4.78 is 0. The average Bonchev–Trinajstić information content (AvgIpc) is 1.61. The Morgan fingerprint density at radius 3 is 2.29 bits per heavy atom. The Bertz CT molecular complexity index is 37.1. The molecule has 0 atom stereocenters. The molecule has 0 saturated heterocycles. The van der Waals surface area contributed by atoms with Crippen LogP contribution in [0.5, 0.6) is 0 Å². The molecule has 1 N–H and O–H groups in total. The Kier molecular flexibility index (Phi) is 4.57. The summed E-state index contributed by atoms with van der Waals surface area (Å²) >= 11 is 5.20. The molecule has 0 radical (unpaired) electrons. The van der Waals surface area contributed by atoms with E-state index in [4.69, 9.17) is 11.8 Å². The molecular formula is C5H12ClN. The third-order valence-electron chi connectivity index (χ3n) is 0.816. The van der Waals surface area contributed by atoms with E-state index in [9.17, 15) is 0 Å². The first-order valence-corrected chi connectivity index (χ1v) is 2.98. The molecule has 0 unspecified atom stereocenters. The van der Waals surface area contributed by atoms with Gasteiger partial charge in [-0.3, -0.25) is 0 Å². The highest BCUT2D eigenvalue weighted by Gasteiger charge is 1.88. The predicted octanol–water partition coefficient (Wildman–Crippen LogP) is 1.78. The van der Waals surface area contributed by atoms with Gasteiger partial charge in [0.15, 0.2) is 0 Å². The third kappa shape index (κ3) is 6.25. The topological polar surface area (TPSA) is 12.0 Å². The Morgan fingerprint density at radius 1 is 1.57 bits per heavy atom. The second kappa shape index (κ2) is 4.41. The summed E-state index contributed by atoms with van der Waals surface area (Å²) in [6, 6.07) is 0. The maximum atomic E-state index is 5.20. The van der Waals surface area contributed by atoms with Gasteiger partial charge in [0.05, 0.1) is 0 Å². The van der Waals surface area contributed by atoms with E-state index in [-0.39, 0.29) is 0 Å². The molecule has 0 amide bonds. The second-order valence-corrected chi connectivity index (χ2v) is 2.33. The van der Waals surface area contributed by atoms with Gasteiger partial charge in [0, 0.05) is 6.54 Å². The van der Waals surface area contributed by atoms with Crippen molar-refractivity contribution < 1.29 is 0 Å². The zero-order chi connectivity index (χ0) is 5.70. The SMILES string of the molecule is CC(C)CCNCl. The quantitative estimate of drug-likeness (QED) is 0.562. The number of hydrogen-bond donors (Lipinski definition) is 1. The normalized spacial score (nSPS) is 10.3. The number of nitrogens with one attached hydrogen (secondary N) is 1. The molecule has 0 aliphatic carbocycles. The zero-order valence-electron chi connectivity index (χ0n) is 4.87. The summed E-state index contributed by atoms with van der Waals surface area (Å²) in [5.41, 5.74) is 0. The Morgan fingerprint density at radius 2 is 2.14 bits per heavy atom. The molecule has 0 bridgehead atoms. The molecule has 2 heteroatoms. The maximum absolute atomic E-state index is 5.20. The van der Waals surface area contributed by atoms with Crippen molar-refractivity contribution in [1.29, 1.82) is 0 Å². The van der Waals surface area contributed by atoms with E-state index < -0.39 is 0 Å². The molecule has 0 heterocycles. The monoisotopic (exact) mass is 121 g/mol. The minimum Gasteiger partial charge on any atom is -0.234 e. The van der Waals surface area contributed by atoms with Crippen molar-refractivity contribution in [2.24, 2.45) is 5.92 Å². The molecule has 0 spiro atoms. The van der Waals surface area contributed by atoms with Crippen LogP contribution < -0.4 is 4.84 Å². The van der Waals surface area contributed by atoms with Gasteiger partial charge in [0.1, 0.15) is 0 Å². The van der Waals surface area contributed by atoms with Crippen LogP contribution in [0.15, 0.2) is 0 Å². The van der Waals surface area contributed by atoms with Gasteiger partial charge in [0.2, 0.25) is 0 Å². The summed E-state index contributed by atoms with van der Waals surface area (Å²) in [6.07, 6.45) is 1.16. The fourth-order valence-electron chi connectivity index (χ4n) is 0.343. The highest BCUT2D eigenvalue weighted by molar-refractivity contribution is 6.13. The van der Waals surface area contributed by atoms with Gasteiger partial charge in [-0.15, -0.1) is 0 Å². The lowest BCUT2D eigenvalue weighted by Gasteiger charge is -1.99. The van der Waals surface area contributed by atoms with Crippen molar-refractivity contribution in [1.82, 2.24) is 4.84 Å². The van der Waals surface area contributed by atoms with Crippen molar-refractivity contribution >= 4 is 11.8 Å². The Hall–Kier alpha value is 0.250. The van der Waals surface area contributed by atoms with E-state index in [1.54, 1.807) is 0 Å². The summed E-state index contributed by atoms with van der Waals surface area (Å²) in [7, 11) is 0. The van der Waals surface area contributed by atoms with Crippen molar-refractivity contribution in [2.45, 2.75) is 20.3 Å². The summed E-state index contributed by atoms with van der Waals surface area (Å²) in [5, 5.41) is 0. The van der Waals surface area contributed by atoms with Crippen molar-refractivity contribution in [3.8, 4) is 0 Å². The van der Waals surface area contributed by atoms with Crippen LogP contribution in [-0.4, -0.2) is 6.54 Å². The van der Waals surface area contributed by atoms with E-state index in [1.165, 1.54) is 0 Å². The van der Waals surface area contributed by atoms with Crippen LogP contribution in [0.1, 0.15) is 20.3 Å². The van der Waals surface area contributed by atoms with Crippen LogP contribution in [0.4, 0.5) is 0 Å². The highest BCUT2D eigenvalue weighted by Crippen LogP contribution is 1.95. The maximum Gasteiger partial charge on any atom is 0.0110 e. The Balaban J connectivity index is 2.68. The molecule has 0 rings (SSSR count). The number of halogens is 1. The van der Waals surface area contributed by atoms with E-state index in [0.29, 0.717) is 0 Å². The van der Waals surface area contributed by atoms with Crippen LogP contribution in [0, 0.1) is 5.92 Å². The molecule has 44 valence electrons. The van der Waals surface area contributed by atoms with Crippen molar-refractivity contribution in [3.05, 3.63) is 0 Å². The van der Waals surface area contributed by atoms with Gasteiger partial charge in [-0.1, -0.05) is 13.8 Å².